The van der Waals surface area contributed by atoms with Crippen LogP contribution in [0.1, 0.15) is 39.5 Å². The summed E-state index contributed by atoms with van der Waals surface area (Å²) in [6.07, 6.45) is 1.30. The second kappa shape index (κ2) is 4.76. The van der Waals surface area contributed by atoms with E-state index < -0.39 is 12.8 Å². The van der Waals surface area contributed by atoms with Crippen LogP contribution in [-0.2, 0) is 4.57 Å². The lowest BCUT2D eigenvalue weighted by atomic mass is 9.96. The van der Waals surface area contributed by atoms with Gasteiger partial charge < -0.3 is 9.79 Å². The normalized spacial score (nSPS) is 12.5. The zero-order valence-corrected chi connectivity index (χ0v) is 8.92. The van der Waals surface area contributed by atoms with Gasteiger partial charge in [0.2, 0.25) is 0 Å². The van der Waals surface area contributed by atoms with Gasteiger partial charge in [-0.25, -0.2) is 0 Å². The lowest BCUT2D eigenvalue weighted by Gasteiger charge is -2.31. The first kappa shape index (κ1) is 12.6. The summed E-state index contributed by atoms with van der Waals surface area (Å²) in [4.78, 5) is 18.3. The molecule has 0 aliphatic carbocycles. The summed E-state index contributed by atoms with van der Waals surface area (Å²) in [5.74, 6) is 0. The first-order valence-electron chi connectivity index (χ1n) is 4.36. The van der Waals surface area contributed by atoms with Crippen molar-refractivity contribution in [1.29, 1.82) is 5.26 Å². The van der Waals surface area contributed by atoms with E-state index in [9.17, 15) is 4.57 Å². The highest BCUT2D eigenvalue weighted by atomic mass is 31.2. The van der Waals surface area contributed by atoms with E-state index in [1.165, 1.54) is 0 Å². The minimum absolute atomic E-state index is 0.201. The molecule has 0 fully saturated rings. The van der Waals surface area contributed by atoms with Crippen molar-refractivity contribution in [3.63, 3.8) is 0 Å². The molecule has 5 heteroatoms. The molecule has 0 saturated carbocycles. The van der Waals surface area contributed by atoms with Gasteiger partial charge in [0.1, 0.15) is 0 Å². The standard InChI is InChI=1S/C8H16NO3P/c1-3-8(4-2,6-5-7-9)13(10,11)12/h3-6H2,1-2H3,(H2,10,11,12). The molecule has 0 bridgehead atoms. The topological polar surface area (TPSA) is 81.3 Å². The van der Waals surface area contributed by atoms with Crippen molar-refractivity contribution in [2.24, 2.45) is 0 Å². The molecule has 4 nitrogen and oxygen atoms in total. The summed E-state index contributed by atoms with van der Waals surface area (Å²) in [5.41, 5.74) is 0. The fourth-order valence-corrected chi connectivity index (χ4v) is 2.68. The molecule has 0 atom stereocenters. The number of hydrogen-bond donors (Lipinski definition) is 2. The lowest BCUT2D eigenvalue weighted by Crippen LogP contribution is -2.26. The maximum absolute atomic E-state index is 11.2. The van der Waals surface area contributed by atoms with Gasteiger partial charge in [-0.3, -0.25) is 4.57 Å². The van der Waals surface area contributed by atoms with E-state index in [4.69, 9.17) is 15.0 Å². The molecule has 0 rings (SSSR count). The van der Waals surface area contributed by atoms with Crippen LogP contribution in [0.15, 0.2) is 0 Å². The highest BCUT2D eigenvalue weighted by Crippen LogP contribution is 2.56. The van der Waals surface area contributed by atoms with Crippen LogP contribution in [0.3, 0.4) is 0 Å². The average molecular weight is 205 g/mol. The van der Waals surface area contributed by atoms with E-state index in [1.807, 2.05) is 6.07 Å². The summed E-state index contributed by atoms with van der Waals surface area (Å²) in [5, 5.41) is 7.40. The first-order valence-corrected chi connectivity index (χ1v) is 5.97. The van der Waals surface area contributed by atoms with Gasteiger partial charge in [-0.15, -0.1) is 0 Å². The van der Waals surface area contributed by atoms with Crippen molar-refractivity contribution in [2.45, 2.75) is 44.7 Å². The van der Waals surface area contributed by atoms with Gasteiger partial charge >= 0.3 is 7.60 Å². The van der Waals surface area contributed by atoms with Gasteiger partial charge in [-0.05, 0) is 19.3 Å². The SMILES string of the molecule is CCC(CC)(CCC#N)P(=O)(O)O. The molecule has 0 heterocycles. The molecular weight excluding hydrogens is 189 g/mol. The minimum Gasteiger partial charge on any atom is -0.324 e. The van der Waals surface area contributed by atoms with E-state index in [0.717, 1.165) is 0 Å². The first-order chi connectivity index (χ1) is 5.93. The van der Waals surface area contributed by atoms with Gasteiger partial charge in [0.15, 0.2) is 0 Å². The summed E-state index contributed by atoms with van der Waals surface area (Å²) >= 11 is 0. The second-order valence-corrected chi connectivity index (χ2v) is 5.17. The zero-order valence-electron chi connectivity index (χ0n) is 8.03. The Morgan fingerprint density at radius 3 is 2.08 bits per heavy atom. The molecule has 0 aromatic heterocycles. The molecule has 0 aromatic carbocycles. The van der Waals surface area contributed by atoms with Crippen molar-refractivity contribution in [3.8, 4) is 6.07 Å². The molecule has 0 aromatic rings. The van der Waals surface area contributed by atoms with Crippen LogP contribution >= 0.6 is 7.60 Å². The quantitative estimate of drug-likeness (QED) is 0.673. The molecule has 76 valence electrons. The fraction of sp³-hybridized carbons (Fsp3) is 0.875. The third-order valence-electron chi connectivity index (χ3n) is 2.64. The molecule has 2 N–H and O–H groups in total. The summed E-state index contributed by atoms with van der Waals surface area (Å²) in [6, 6.07) is 1.92. The molecule has 0 radical (unpaired) electrons. The van der Waals surface area contributed by atoms with E-state index in [-0.39, 0.29) is 12.8 Å². The molecule has 0 unspecified atom stereocenters. The van der Waals surface area contributed by atoms with Crippen LogP contribution in [0, 0.1) is 11.3 Å². The Morgan fingerprint density at radius 1 is 1.38 bits per heavy atom. The number of nitrogens with zero attached hydrogens (tertiary/aromatic N) is 1. The Labute approximate surface area is 78.7 Å². The predicted octanol–water partition coefficient (Wildman–Crippen LogP) is 2.03. The fourth-order valence-electron chi connectivity index (χ4n) is 1.45. The van der Waals surface area contributed by atoms with E-state index in [1.54, 1.807) is 13.8 Å². The largest absolute Gasteiger partial charge is 0.331 e. The van der Waals surface area contributed by atoms with Crippen LogP contribution in [0.5, 0.6) is 0 Å². The van der Waals surface area contributed by atoms with Gasteiger partial charge in [-0.2, -0.15) is 5.26 Å². The third-order valence-corrected chi connectivity index (χ3v) is 4.73. The van der Waals surface area contributed by atoms with Crippen molar-refractivity contribution in [2.75, 3.05) is 0 Å². The highest BCUT2D eigenvalue weighted by molar-refractivity contribution is 7.53. The molecule has 0 aliphatic rings. The molecular formula is C8H16NO3P. The maximum atomic E-state index is 11.2. The molecule has 13 heavy (non-hydrogen) atoms. The third kappa shape index (κ3) is 2.80. The molecule has 0 saturated heterocycles. The Balaban J connectivity index is 4.73. The predicted molar refractivity (Wildman–Crippen MR) is 50.2 cm³/mol. The number of hydrogen-bond acceptors (Lipinski definition) is 2. The number of rotatable bonds is 5. The van der Waals surface area contributed by atoms with Crippen LogP contribution in [0.25, 0.3) is 0 Å². The van der Waals surface area contributed by atoms with E-state index >= 15 is 0 Å². The second-order valence-electron chi connectivity index (χ2n) is 3.13. The Kier molecular flexibility index (Phi) is 4.63. The summed E-state index contributed by atoms with van der Waals surface area (Å²) in [6.45, 7) is 3.50. The Hall–Kier alpha value is -0.360. The lowest BCUT2D eigenvalue weighted by molar-refractivity contribution is 0.306. The summed E-state index contributed by atoms with van der Waals surface area (Å²) < 4.78 is 11.2. The van der Waals surface area contributed by atoms with E-state index in [0.29, 0.717) is 12.8 Å². The zero-order chi connectivity index (χ0) is 10.5. The van der Waals surface area contributed by atoms with Crippen molar-refractivity contribution >= 4 is 7.60 Å². The molecule has 0 aliphatic heterocycles. The smallest absolute Gasteiger partial charge is 0.324 e. The van der Waals surface area contributed by atoms with Gasteiger partial charge in [-0.1, -0.05) is 13.8 Å². The Bertz CT molecular complexity index is 236. The minimum atomic E-state index is -4.09. The molecule has 0 spiro atoms. The van der Waals surface area contributed by atoms with Crippen molar-refractivity contribution in [1.82, 2.24) is 0 Å². The van der Waals surface area contributed by atoms with Gasteiger partial charge in [0, 0.05) is 6.42 Å². The van der Waals surface area contributed by atoms with Crippen LogP contribution in [0.4, 0.5) is 0 Å². The van der Waals surface area contributed by atoms with Crippen LogP contribution in [-0.4, -0.2) is 14.9 Å². The Morgan fingerprint density at radius 2 is 1.85 bits per heavy atom. The van der Waals surface area contributed by atoms with Crippen molar-refractivity contribution < 1.29 is 14.4 Å². The molecule has 0 amide bonds. The number of nitriles is 1. The van der Waals surface area contributed by atoms with Gasteiger partial charge in [0.25, 0.3) is 0 Å². The van der Waals surface area contributed by atoms with Gasteiger partial charge in [0.05, 0.1) is 11.2 Å². The van der Waals surface area contributed by atoms with Crippen LogP contribution in [0.2, 0.25) is 0 Å². The van der Waals surface area contributed by atoms with E-state index in [2.05, 4.69) is 0 Å². The van der Waals surface area contributed by atoms with Crippen LogP contribution < -0.4 is 0 Å². The highest BCUT2D eigenvalue weighted by Gasteiger charge is 2.42. The maximum Gasteiger partial charge on any atom is 0.331 e. The summed E-state index contributed by atoms with van der Waals surface area (Å²) in [7, 11) is -4.09. The average Bonchev–Trinajstić information content (AvgIpc) is 2.05. The van der Waals surface area contributed by atoms with Crippen molar-refractivity contribution in [3.05, 3.63) is 0 Å². The monoisotopic (exact) mass is 205 g/mol.